The van der Waals surface area contributed by atoms with Crippen LogP contribution in [0.15, 0.2) is 104 Å². The van der Waals surface area contributed by atoms with Gasteiger partial charge in [0.05, 0.1) is 5.41 Å². The van der Waals surface area contributed by atoms with Crippen LogP contribution in [-0.2, 0) is 5.41 Å². The largest absolute Gasteiger partial charge is 0.388 e. The molecule has 132 valence electrons. The molecule has 27 heavy (non-hydrogen) atoms. The smallest absolute Gasteiger partial charge is 0.0567 e. The second kappa shape index (κ2) is 6.79. The summed E-state index contributed by atoms with van der Waals surface area (Å²) in [6.45, 7) is 8.02. The average Bonchev–Trinajstić information content (AvgIpc) is 3.03. The molecule has 1 nitrogen and oxygen atoms in total. The molecule has 0 amide bonds. The van der Waals surface area contributed by atoms with E-state index in [0.29, 0.717) is 0 Å². The van der Waals surface area contributed by atoms with Crippen LogP contribution in [0.25, 0.3) is 11.1 Å². The van der Waals surface area contributed by atoms with Crippen LogP contribution in [0.2, 0.25) is 0 Å². The molecular formula is C26H23N. The SMILES string of the molecule is C=C=CC(C=C)C1(c2ccccc2)c2ccccc2-c2ccc(NC)cc21. The van der Waals surface area contributed by atoms with Crippen LogP contribution in [0.4, 0.5) is 5.69 Å². The zero-order chi connectivity index (χ0) is 18.9. The highest BCUT2D eigenvalue weighted by Gasteiger charge is 2.48. The van der Waals surface area contributed by atoms with E-state index >= 15 is 0 Å². The first kappa shape index (κ1) is 17.1. The molecule has 0 saturated heterocycles. The summed E-state index contributed by atoms with van der Waals surface area (Å²) in [6.07, 6.45) is 4.06. The molecule has 1 aliphatic carbocycles. The van der Waals surface area contributed by atoms with E-state index in [4.69, 9.17) is 0 Å². The maximum Gasteiger partial charge on any atom is 0.0567 e. The number of benzene rings is 3. The summed E-state index contributed by atoms with van der Waals surface area (Å²) in [5.41, 5.74) is 10.2. The lowest BCUT2D eigenvalue weighted by Gasteiger charge is -2.37. The van der Waals surface area contributed by atoms with Gasteiger partial charge in [-0.1, -0.05) is 73.3 Å². The maximum absolute atomic E-state index is 4.17. The van der Waals surface area contributed by atoms with E-state index in [1.54, 1.807) is 0 Å². The van der Waals surface area contributed by atoms with Crippen LogP contribution < -0.4 is 5.32 Å². The lowest BCUT2D eigenvalue weighted by atomic mass is 9.64. The number of rotatable bonds is 5. The number of hydrogen-bond donors (Lipinski definition) is 1. The van der Waals surface area contributed by atoms with Crippen LogP contribution in [0.3, 0.4) is 0 Å². The Morgan fingerprint density at radius 1 is 0.926 bits per heavy atom. The molecule has 0 aromatic heterocycles. The Morgan fingerprint density at radius 3 is 2.33 bits per heavy atom. The van der Waals surface area contributed by atoms with E-state index in [9.17, 15) is 0 Å². The molecule has 1 aliphatic rings. The van der Waals surface area contributed by atoms with E-state index < -0.39 is 0 Å². The third-order valence-electron chi connectivity index (χ3n) is 5.66. The molecule has 0 heterocycles. The molecule has 1 heteroatoms. The number of anilines is 1. The van der Waals surface area contributed by atoms with Gasteiger partial charge in [0, 0.05) is 18.7 Å². The van der Waals surface area contributed by atoms with Gasteiger partial charge in [0.15, 0.2) is 0 Å². The first-order valence-corrected chi connectivity index (χ1v) is 9.23. The fraction of sp³-hybridized carbons (Fsp3) is 0.115. The predicted molar refractivity (Wildman–Crippen MR) is 115 cm³/mol. The van der Waals surface area contributed by atoms with Crippen LogP contribution in [0.5, 0.6) is 0 Å². The summed E-state index contributed by atoms with van der Waals surface area (Å²) in [5.74, 6) is 0.0342. The molecule has 1 N–H and O–H groups in total. The quantitative estimate of drug-likeness (QED) is 0.428. The van der Waals surface area contributed by atoms with Crippen molar-refractivity contribution >= 4 is 5.69 Å². The first-order valence-electron chi connectivity index (χ1n) is 9.23. The van der Waals surface area contributed by atoms with Crippen molar-refractivity contribution in [2.24, 2.45) is 5.92 Å². The highest BCUT2D eigenvalue weighted by molar-refractivity contribution is 5.85. The second-order valence-corrected chi connectivity index (χ2v) is 6.86. The highest BCUT2D eigenvalue weighted by Crippen LogP contribution is 2.57. The predicted octanol–water partition coefficient (Wildman–Crippen LogP) is 6.19. The molecule has 4 rings (SSSR count). The number of allylic oxidation sites excluding steroid dienone is 2. The summed E-state index contributed by atoms with van der Waals surface area (Å²) in [5, 5.41) is 3.30. The normalized spacial score (nSPS) is 18.0. The number of hydrogen-bond acceptors (Lipinski definition) is 1. The van der Waals surface area contributed by atoms with Gasteiger partial charge in [-0.05, 0) is 46.0 Å². The van der Waals surface area contributed by atoms with E-state index in [2.05, 4.69) is 97.0 Å². The van der Waals surface area contributed by atoms with Gasteiger partial charge >= 0.3 is 0 Å². The fourth-order valence-corrected chi connectivity index (χ4v) is 4.53. The van der Waals surface area contributed by atoms with Crippen molar-refractivity contribution < 1.29 is 0 Å². The molecule has 0 saturated carbocycles. The van der Waals surface area contributed by atoms with Gasteiger partial charge in [-0.3, -0.25) is 0 Å². The monoisotopic (exact) mass is 349 g/mol. The molecule has 0 spiro atoms. The van der Waals surface area contributed by atoms with Crippen LogP contribution in [0.1, 0.15) is 16.7 Å². The summed E-state index contributed by atoms with van der Waals surface area (Å²) in [4.78, 5) is 0. The zero-order valence-corrected chi connectivity index (χ0v) is 15.6. The van der Waals surface area contributed by atoms with Crippen LogP contribution in [0, 0.1) is 5.92 Å². The van der Waals surface area contributed by atoms with Crippen molar-refractivity contribution in [3.8, 4) is 11.1 Å². The Labute approximate surface area is 161 Å². The van der Waals surface area contributed by atoms with Gasteiger partial charge in [-0.15, -0.1) is 12.3 Å². The van der Waals surface area contributed by atoms with E-state index in [-0.39, 0.29) is 11.3 Å². The highest BCUT2D eigenvalue weighted by atomic mass is 14.8. The molecular weight excluding hydrogens is 326 g/mol. The molecule has 3 aromatic carbocycles. The summed E-state index contributed by atoms with van der Waals surface area (Å²) < 4.78 is 0. The lowest BCUT2D eigenvalue weighted by Crippen LogP contribution is -2.34. The third-order valence-corrected chi connectivity index (χ3v) is 5.66. The van der Waals surface area contributed by atoms with E-state index in [1.807, 2.05) is 19.2 Å². The molecule has 2 atom stereocenters. The zero-order valence-electron chi connectivity index (χ0n) is 15.6. The van der Waals surface area contributed by atoms with Crippen molar-refractivity contribution in [3.05, 3.63) is 121 Å². The van der Waals surface area contributed by atoms with Gasteiger partial charge < -0.3 is 5.32 Å². The molecule has 0 radical (unpaired) electrons. The third kappa shape index (κ3) is 2.40. The Hall–Kier alpha value is -3.28. The molecule has 0 fully saturated rings. The molecule has 2 unspecified atom stereocenters. The molecule has 0 aliphatic heterocycles. The van der Waals surface area contributed by atoms with Crippen molar-refractivity contribution in [1.29, 1.82) is 0 Å². The van der Waals surface area contributed by atoms with Crippen molar-refractivity contribution in [1.82, 2.24) is 0 Å². The van der Waals surface area contributed by atoms with Gasteiger partial charge in [-0.2, -0.15) is 0 Å². The van der Waals surface area contributed by atoms with Gasteiger partial charge in [-0.25, -0.2) is 0 Å². The van der Waals surface area contributed by atoms with Crippen molar-refractivity contribution in [2.75, 3.05) is 12.4 Å². The second-order valence-electron chi connectivity index (χ2n) is 6.86. The minimum absolute atomic E-state index is 0.0342. The number of nitrogens with one attached hydrogen (secondary N) is 1. The van der Waals surface area contributed by atoms with Crippen LogP contribution >= 0.6 is 0 Å². The van der Waals surface area contributed by atoms with E-state index in [0.717, 1.165) is 5.69 Å². The Morgan fingerprint density at radius 2 is 1.63 bits per heavy atom. The van der Waals surface area contributed by atoms with Gasteiger partial charge in [0.25, 0.3) is 0 Å². The lowest BCUT2D eigenvalue weighted by molar-refractivity contribution is 0.538. The average molecular weight is 349 g/mol. The topological polar surface area (TPSA) is 12.0 Å². The maximum atomic E-state index is 4.17. The fourth-order valence-electron chi connectivity index (χ4n) is 4.53. The van der Waals surface area contributed by atoms with Gasteiger partial charge in [0.1, 0.15) is 0 Å². The minimum atomic E-state index is -0.355. The summed E-state index contributed by atoms with van der Waals surface area (Å²) >= 11 is 0. The first-order chi connectivity index (χ1) is 13.3. The minimum Gasteiger partial charge on any atom is -0.388 e. The van der Waals surface area contributed by atoms with Gasteiger partial charge in [0.2, 0.25) is 0 Å². The van der Waals surface area contributed by atoms with E-state index in [1.165, 1.54) is 27.8 Å². The van der Waals surface area contributed by atoms with Crippen molar-refractivity contribution in [3.63, 3.8) is 0 Å². The van der Waals surface area contributed by atoms with Crippen LogP contribution in [-0.4, -0.2) is 7.05 Å². The van der Waals surface area contributed by atoms with Crippen molar-refractivity contribution in [2.45, 2.75) is 5.41 Å². The Bertz CT molecular complexity index is 1040. The number of fused-ring (bicyclic) bond motifs is 3. The molecule has 0 bridgehead atoms. The molecule has 3 aromatic rings. The summed E-state index contributed by atoms with van der Waals surface area (Å²) in [7, 11) is 1.96. The standard InChI is InChI=1S/C26H23N/c1-4-11-19(5-2)26(20-12-7-6-8-13-20)24-15-10-9-14-22(24)23-17-16-21(27-3)18-25(23)26/h5-19,27H,1-2H2,3H3. The Kier molecular flexibility index (Phi) is 4.32. The summed E-state index contributed by atoms with van der Waals surface area (Å²) in [6, 6.07) is 26.0. The Balaban J connectivity index is 2.18.